The van der Waals surface area contributed by atoms with E-state index in [9.17, 15) is 0 Å². The minimum Gasteiger partial charge on any atom is -0.497 e. The highest BCUT2D eigenvalue weighted by Gasteiger charge is 2.13. The molecule has 0 atom stereocenters. The summed E-state index contributed by atoms with van der Waals surface area (Å²) < 4.78 is 12.8. The largest absolute Gasteiger partial charge is 0.497 e. The van der Waals surface area contributed by atoms with E-state index in [0.29, 0.717) is 0 Å². The van der Waals surface area contributed by atoms with Gasteiger partial charge in [0.15, 0.2) is 6.26 Å². The maximum absolute atomic E-state index is 5.50. The molecular weight excluding hydrogens is 226 g/mol. The predicted octanol–water partition coefficient (Wildman–Crippen LogP) is 3.07. The summed E-state index contributed by atoms with van der Waals surface area (Å²) in [4.78, 5) is 0. The number of benzene rings is 1. The summed E-state index contributed by atoms with van der Waals surface area (Å²) in [5.74, 6) is 1.73. The number of aryl methyl sites for hydroxylation is 1. The van der Waals surface area contributed by atoms with Gasteiger partial charge in [-0.25, -0.2) is 0 Å². The fourth-order valence-electron chi connectivity index (χ4n) is 1.86. The van der Waals surface area contributed by atoms with Crippen molar-refractivity contribution in [1.82, 2.24) is 0 Å². The van der Waals surface area contributed by atoms with Gasteiger partial charge in [-0.15, -0.1) is 0 Å². The highest BCUT2D eigenvalue weighted by atomic mass is 16.5. The van der Waals surface area contributed by atoms with Crippen LogP contribution in [-0.2, 0) is 6.54 Å². The lowest BCUT2D eigenvalue weighted by Crippen LogP contribution is -2.35. The van der Waals surface area contributed by atoms with Crippen LogP contribution in [0.25, 0.3) is 12.2 Å². The number of hydrogen-bond donors (Lipinski definition) is 0. The fraction of sp³-hybridized carbons (Fsp3) is 0.267. The van der Waals surface area contributed by atoms with Gasteiger partial charge in [-0.1, -0.05) is 12.1 Å². The first kappa shape index (κ1) is 12.4. The molecule has 0 radical (unpaired) electrons. The quantitative estimate of drug-likeness (QED) is 0.773. The molecule has 0 fully saturated rings. The van der Waals surface area contributed by atoms with Crippen molar-refractivity contribution in [2.24, 2.45) is 0 Å². The van der Waals surface area contributed by atoms with E-state index in [1.807, 2.05) is 43.3 Å². The minimum atomic E-state index is 0.865. The van der Waals surface area contributed by atoms with Gasteiger partial charge in [-0.3, -0.25) is 0 Å². The van der Waals surface area contributed by atoms with Crippen LogP contribution in [0.15, 0.2) is 34.9 Å². The highest BCUT2D eigenvalue weighted by Crippen LogP contribution is 2.13. The van der Waals surface area contributed by atoms with E-state index in [2.05, 4.69) is 11.5 Å². The van der Waals surface area contributed by atoms with Crippen LogP contribution < -0.4 is 9.30 Å². The Hall–Kier alpha value is -2.03. The summed E-state index contributed by atoms with van der Waals surface area (Å²) in [6.45, 7) is 5.05. The molecule has 3 heteroatoms. The van der Waals surface area contributed by atoms with E-state index in [1.165, 1.54) is 0 Å². The molecule has 0 saturated carbocycles. The normalized spacial score (nSPS) is 11.1. The standard InChI is InChI=1S/C15H18NO2/c1-4-16-12(2)11-18-15(16)10-7-13-5-8-14(17-3)9-6-13/h5-11H,4H2,1-3H3/q+1/b10-7+. The number of methoxy groups -OCH3 is 1. The summed E-state index contributed by atoms with van der Waals surface area (Å²) in [5.41, 5.74) is 2.25. The average Bonchev–Trinajstić information content (AvgIpc) is 2.77. The van der Waals surface area contributed by atoms with E-state index in [4.69, 9.17) is 9.15 Å². The van der Waals surface area contributed by atoms with Gasteiger partial charge >= 0.3 is 5.89 Å². The monoisotopic (exact) mass is 244 g/mol. The van der Waals surface area contributed by atoms with Crippen LogP contribution in [0.5, 0.6) is 5.75 Å². The Kier molecular flexibility index (Phi) is 3.82. The molecule has 0 aliphatic carbocycles. The number of hydrogen-bond acceptors (Lipinski definition) is 2. The summed E-state index contributed by atoms with van der Waals surface area (Å²) in [6.07, 6.45) is 5.79. The lowest BCUT2D eigenvalue weighted by Gasteiger charge is -1.98. The summed E-state index contributed by atoms with van der Waals surface area (Å²) in [5, 5.41) is 0. The second-order valence-electron chi connectivity index (χ2n) is 4.07. The van der Waals surface area contributed by atoms with Crippen molar-refractivity contribution in [2.75, 3.05) is 7.11 Å². The minimum absolute atomic E-state index is 0.865. The van der Waals surface area contributed by atoms with Crippen molar-refractivity contribution in [3.8, 4) is 5.75 Å². The molecule has 0 aliphatic rings. The molecule has 1 aromatic heterocycles. The van der Waals surface area contributed by atoms with E-state index in [1.54, 1.807) is 13.4 Å². The third-order valence-corrected chi connectivity index (χ3v) is 2.89. The predicted molar refractivity (Wildman–Crippen MR) is 71.2 cm³/mol. The first-order chi connectivity index (χ1) is 8.74. The summed E-state index contributed by atoms with van der Waals surface area (Å²) >= 11 is 0. The SMILES string of the molecule is CC[n+]1c(C)coc1/C=C/c1ccc(OC)cc1. The van der Waals surface area contributed by atoms with Crippen LogP contribution in [0.4, 0.5) is 0 Å². The van der Waals surface area contributed by atoms with Crippen molar-refractivity contribution < 1.29 is 13.7 Å². The molecule has 2 aromatic rings. The molecule has 0 spiro atoms. The van der Waals surface area contributed by atoms with Gasteiger partial charge in [0, 0.05) is 6.92 Å². The molecular formula is C15H18NO2+. The summed E-state index contributed by atoms with van der Waals surface area (Å²) in [6, 6.07) is 7.92. The lowest BCUT2D eigenvalue weighted by atomic mass is 10.2. The van der Waals surface area contributed by atoms with Crippen LogP contribution in [-0.4, -0.2) is 7.11 Å². The van der Waals surface area contributed by atoms with Crippen molar-refractivity contribution in [1.29, 1.82) is 0 Å². The van der Waals surface area contributed by atoms with Crippen LogP contribution in [0, 0.1) is 6.92 Å². The topological polar surface area (TPSA) is 26.2 Å². The Morgan fingerprint density at radius 1 is 1.22 bits per heavy atom. The molecule has 0 aliphatic heterocycles. The van der Waals surface area contributed by atoms with Crippen LogP contribution in [0.1, 0.15) is 24.1 Å². The molecule has 18 heavy (non-hydrogen) atoms. The molecule has 1 aromatic carbocycles. The zero-order valence-corrected chi connectivity index (χ0v) is 11.0. The van der Waals surface area contributed by atoms with Crippen molar-refractivity contribution in [2.45, 2.75) is 20.4 Å². The van der Waals surface area contributed by atoms with E-state index in [-0.39, 0.29) is 0 Å². The maximum Gasteiger partial charge on any atom is 0.373 e. The Morgan fingerprint density at radius 3 is 2.56 bits per heavy atom. The average molecular weight is 244 g/mol. The van der Waals surface area contributed by atoms with Crippen molar-refractivity contribution >= 4 is 12.2 Å². The van der Waals surface area contributed by atoms with Crippen LogP contribution in [0.2, 0.25) is 0 Å². The second-order valence-corrected chi connectivity index (χ2v) is 4.07. The maximum atomic E-state index is 5.50. The smallest absolute Gasteiger partial charge is 0.373 e. The number of nitrogens with zero attached hydrogens (tertiary/aromatic N) is 1. The van der Waals surface area contributed by atoms with Crippen molar-refractivity contribution in [3.05, 3.63) is 47.7 Å². The van der Waals surface area contributed by atoms with E-state index < -0.39 is 0 Å². The van der Waals surface area contributed by atoms with Gasteiger partial charge in [0.1, 0.15) is 12.3 Å². The zero-order valence-electron chi connectivity index (χ0n) is 11.0. The Bertz CT molecular complexity index is 538. The first-order valence-corrected chi connectivity index (χ1v) is 6.04. The second kappa shape index (κ2) is 5.54. The third-order valence-electron chi connectivity index (χ3n) is 2.89. The van der Waals surface area contributed by atoms with E-state index >= 15 is 0 Å². The van der Waals surface area contributed by atoms with Gasteiger partial charge in [-0.2, -0.15) is 4.57 Å². The molecule has 94 valence electrons. The Morgan fingerprint density at radius 2 is 1.94 bits per heavy atom. The molecule has 2 rings (SSSR count). The van der Waals surface area contributed by atoms with Gasteiger partial charge in [0.25, 0.3) is 0 Å². The number of aromatic nitrogens is 1. The Balaban J connectivity index is 2.18. The van der Waals surface area contributed by atoms with Crippen LogP contribution >= 0.6 is 0 Å². The van der Waals surface area contributed by atoms with Crippen molar-refractivity contribution in [3.63, 3.8) is 0 Å². The molecule has 3 nitrogen and oxygen atoms in total. The number of rotatable bonds is 4. The molecule has 0 saturated heterocycles. The number of oxazole rings is 1. The molecule has 0 amide bonds. The summed E-state index contributed by atoms with van der Waals surface area (Å²) in [7, 11) is 1.67. The fourth-order valence-corrected chi connectivity index (χ4v) is 1.86. The van der Waals surface area contributed by atoms with Gasteiger partial charge in [-0.05, 0) is 30.7 Å². The molecule has 0 unspecified atom stereocenters. The van der Waals surface area contributed by atoms with Crippen LogP contribution in [0.3, 0.4) is 0 Å². The lowest BCUT2D eigenvalue weighted by molar-refractivity contribution is -0.703. The number of ether oxygens (including phenoxy) is 1. The first-order valence-electron chi connectivity index (χ1n) is 6.04. The molecule has 0 bridgehead atoms. The molecule has 1 heterocycles. The van der Waals surface area contributed by atoms with E-state index in [0.717, 1.165) is 29.4 Å². The van der Waals surface area contributed by atoms with Gasteiger partial charge in [0.2, 0.25) is 5.69 Å². The Labute approximate surface area is 107 Å². The zero-order chi connectivity index (χ0) is 13.0. The highest BCUT2D eigenvalue weighted by molar-refractivity contribution is 5.65. The van der Waals surface area contributed by atoms with Gasteiger partial charge in [0.05, 0.1) is 13.2 Å². The van der Waals surface area contributed by atoms with Gasteiger partial charge < -0.3 is 9.15 Å². The third kappa shape index (κ3) is 2.62. The molecule has 0 N–H and O–H groups in total.